The Morgan fingerprint density at radius 3 is 2.24 bits per heavy atom. The molecular formula is C17H24BNO6. The average Bonchev–Trinajstić information content (AvgIpc) is 2.79. The molecule has 7 nitrogen and oxygen atoms in total. The van der Waals surface area contributed by atoms with Crippen LogP contribution in [-0.2, 0) is 23.6 Å². The molecule has 0 bridgehead atoms. The number of carbonyl (C=O) groups is 2. The first kappa shape index (κ1) is 19.4. The van der Waals surface area contributed by atoms with Crippen LogP contribution in [0.2, 0.25) is 0 Å². The molecule has 8 heteroatoms. The first-order valence-corrected chi connectivity index (χ1v) is 8.09. The fourth-order valence-electron chi connectivity index (χ4n) is 2.53. The summed E-state index contributed by atoms with van der Waals surface area (Å²) >= 11 is 0. The predicted octanol–water partition coefficient (Wildman–Crippen LogP) is 2.15. The maximum absolute atomic E-state index is 11.9. The second kappa shape index (κ2) is 7.13. The molecule has 136 valence electrons. The van der Waals surface area contributed by atoms with Crippen molar-refractivity contribution in [3.63, 3.8) is 0 Å². The highest BCUT2D eigenvalue weighted by molar-refractivity contribution is 6.48. The van der Waals surface area contributed by atoms with Crippen LogP contribution in [0.3, 0.4) is 0 Å². The molecule has 1 atom stereocenters. The highest BCUT2D eigenvalue weighted by Crippen LogP contribution is 2.41. The number of pyridine rings is 1. The van der Waals surface area contributed by atoms with Crippen molar-refractivity contribution in [1.82, 2.24) is 4.98 Å². The highest BCUT2D eigenvalue weighted by atomic mass is 16.7. The topological polar surface area (TPSA) is 84.0 Å². The van der Waals surface area contributed by atoms with Crippen LogP contribution in [0.1, 0.15) is 56.1 Å². The van der Waals surface area contributed by atoms with Crippen molar-refractivity contribution in [1.29, 1.82) is 0 Å². The number of nitrogens with zero attached hydrogens (tertiary/aromatic N) is 1. The Morgan fingerprint density at radius 1 is 1.12 bits per heavy atom. The van der Waals surface area contributed by atoms with E-state index in [-0.39, 0.29) is 12.1 Å². The molecule has 1 aliphatic heterocycles. The number of methoxy groups -OCH3 is 2. The molecule has 1 aliphatic rings. The summed E-state index contributed by atoms with van der Waals surface area (Å²) in [7, 11) is 1.92. The van der Waals surface area contributed by atoms with E-state index in [2.05, 4.69) is 4.98 Å². The van der Waals surface area contributed by atoms with E-state index in [0.29, 0.717) is 5.69 Å². The summed E-state index contributed by atoms with van der Waals surface area (Å²) in [6.45, 7) is 7.72. The molecule has 0 aromatic carbocycles. The fraction of sp³-hybridized carbons (Fsp3) is 0.588. The fourth-order valence-corrected chi connectivity index (χ4v) is 2.53. The summed E-state index contributed by atoms with van der Waals surface area (Å²) in [6.07, 6.45) is 0.0188. The van der Waals surface area contributed by atoms with Gasteiger partial charge < -0.3 is 18.8 Å². The molecule has 0 aliphatic carbocycles. The first-order chi connectivity index (χ1) is 11.6. The molecule has 25 heavy (non-hydrogen) atoms. The third kappa shape index (κ3) is 4.01. The molecular weight excluding hydrogens is 325 g/mol. The average molecular weight is 349 g/mol. The highest BCUT2D eigenvalue weighted by Gasteiger charge is 2.54. The monoisotopic (exact) mass is 349 g/mol. The smallest absolute Gasteiger partial charge is 0.468 e. The third-order valence-electron chi connectivity index (χ3n) is 4.76. The van der Waals surface area contributed by atoms with Crippen LogP contribution in [0.5, 0.6) is 0 Å². The van der Waals surface area contributed by atoms with E-state index >= 15 is 0 Å². The number of rotatable bonds is 5. The van der Waals surface area contributed by atoms with E-state index in [1.54, 1.807) is 18.2 Å². The zero-order valence-corrected chi connectivity index (χ0v) is 15.5. The van der Waals surface area contributed by atoms with E-state index in [9.17, 15) is 9.59 Å². The van der Waals surface area contributed by atoms with Gasteiger partial charge in [-0.15, -0.1) is 0 Å². The minimum atomic E-state index is -0.690. The van der Waals surface area contributed by atoms with Gasteiger partial charge in [-0.1, -0.05) is 6.07 Å². The van der Waals surface area contributed by atoms with Gasteiger partial charge in [0.15, 0.2) is 0 Å². The SMILES string of the molecule is COC(=O)CC(B1OC(C)(C)C(C)(C)O1)c1cccc(C(=O)OC)n1. The Bertz CT molecular complexity index is 644. The Morgan fingerprint density at radius 2 is 1.72 bits per heavy atom. The van der Waals surface area contributed by atoms with Crippen molar-refractivity contribution in [3.05, 3.63) is 29.6 Å². The molecule has 0 spiro atoms. The predicted molar refractivity (Wildman–Crippen MR) is 91.0 cm³/mol. The van der Waals surface area contributed by atoms with E-state index in [1.807, 2.05) is 27.7 Å². The normalized spacial score (nSPS) is 19.4. The van der Waals surface area contributed by atoms with Gasteiger partial charge in [-0.3, -0.25) is 4.79 Å². The second-order valence-electron chi connectivity index (χ2n) is 6.95. The van der Waals surface area contributed by atoms with Gasteiger partial charge in [-0.05, 0) is 39.8 Å². The number of carbonyl (C=O) groups excluding carboxylic acids is 2. The van der Waals surface area contributed by atoms with Gasteiger partial charge >= 0.3 is 19.1 Å². The molecule has 1 saturated heterocycles. The van der Waals surface area contributed by atoms with Gasteiger partial charge in [0.05, 0.1) is 31.8 Å². The van der Waals surface area contributed by atoms with Crippen LogP contribution >= 0.6 is 0 Å². The summed E-state index contributed by atoms with van der Waals surface area (Å²) < 4.78 is 21.6. The molecule has 0 saturated carbocycles. The van der Waals surface area contributed by atoms with Crippen molar-refractivity contribution in [3.8, 4) is 0 Å². The molecule has 1 aromatic heterocycles. The van der Waals surface area contributed by atoms with Crippen molar-refractivity contribution in [2.45, 2.75) is 51.1 Å². The molecule has 2 heterocycles. The van der Waals surface area contributed by atoms with Crippen molar-refractivity contribution in [2.75, 3.05) is 14.2 Å². The second-order valence-corrected chi connectivity index (χ2v) is 6.95. The van der Waals surface area contributed by atoms with Crippen LogP contribution < -0.4 is 0 Å². The Balaban J connectivity index is 2.38. The Kier molecular flexibility index (Phi) is 5.54. The summed E-state index contributed by atoms with van der Waals surface area (Å²) in [6, 6.07) is 4.96. The standard InChI is InChI=1S/C17H24BNO6/c1-16(2)17(3,4)25-18(24-16)11(10-14(20)22-5)12-8-7-9-13(19-12)15(21)23-6/h7-9,11H,10H2,1-6H3. The van der Waals surface area contributed by atoms with Crippen molar-refractivity contribution < 1.29 is 28.4 Å². The summed E-state index contributed by atoms with van der Waals surface area (Å²) in [5.41, 5.74) is -0.434. The lowest BCUT2D eigenvalue weighted by Crippen LogP contribution is -2.41. The number of esters is 2. The van der Waals surface area contributed by atoms with Gasteiger partial charge in [-0.2, -0.15) is 0 Å². The van der Waals surface area contributed by atoms with Gasteiger partial charge in [-0.25, -0.2) is 9.78 Å². The maximum Gasteiger partial charge on any atom is 0.468 e. The molecule has 1 fully saturated rings. The Hall–Kier alpha value is -1.93. The zero-order valence-electron chi connectivity index (χ0n) is 15.5. The van der Waals surface area contributed by atoms with Crippen LogP contribution in [-0.4, -0.2) is 49.5 Å². The molecule has 0 amide bonds. The number of hydrogen-bond donors (Lipinski definition) is 0. The molecule has 1 unspecified atom stereocenters. The summed E-state index contributed by atoms with van der Waals surface area (Å²) in [4.78, 5) is 28.0. The largest absolute Gasteiger partial charge is 0.469 e. The maximum atomic E-state index is 11.9. The van der Waals surface area contributed by atoms with Crippen LogP contribution in [0.15, 0.2) is 18.2 Å². The van der Waals surface area contributed by atoms with Gasteiger partial charge in [0.2, 0.25) is 0 Å². The van der Waals surface area contributed by atoms with E-state index < -0.39 is 36.1 Å². The lowest BCUT2D eigenvalue weighted by atomic mass is 9.68. The molecule has 1 aromatic rings. The van der Waals surface area contributed by atoms with E-state index in [4.69, 9.17) is 18.8 Å². The van der Waals surface area contributed by atoms with E-state index in [1.165, 1.54) is 14.2 Å². The molecule has 0 N–H and O–H groups in total. The number of ether oxygens (including phenoxy) is 2. The minimum Gasteiger partial charge on any atom is -0.469 e. The summed E-state index contributed by atoms with van der Waals surface area (Å²) in [5.74, 6) is -1.48. The lowest BCUT2D eigenvalue weighted by molar-refractivity contribution is -0.140. The van der Waals surface area contributed by atoms with Gasteiger partial charge in [0, 0.05) is 11.5 Å². The zero-order chi connectivity index (χ0) is 18.8. The molecule has 2 rings (SSSR count). The minimum absolute atomic E-state index is 0.0188. The van der Waals surface area contributed by atoms with Crippen LogP contribution in [0.25, 0.3) is 0 Å². The van der Waals surface area contributed by atoms with Gasteiger partial charge in [0.1, 0.15) is 5.69 Å². The van der Waals surface area contributed by atoms with Crippen LogP contribution in [0, 0.1) is 0 Å². The first-order valence-electron chi connectivity index (χ1n) is 8.09. The van der Waals surface area contributed by atoms with Crippen molar-refractivity contribution in [2.24, 2.45) is 0 Å². The Labute approximate surface area is 148 Å². The molecule has 0 radical (unpaired) electrons. The number of aromatic nitrogens is 1. The lowest BCUT2D eigenvalue weighted by Gasteiger charge is -2.32. The van der Waals surface area contributed by atoms with Crippen LogP contribution in [0.4, 0.5) is 0 Å². The van der Waals surface area contributed by atoms with E-state index in [0.717, 1.165) is 0 Å². The third-order valence-corrected chi connectivity index (χ3v) is 4.76. The number of hydrogen-bond acceptors (Lipinski definition) is 7. The quantitative estimate of drug-likeness (QED) is 0.595. The van der Waals surface area contributed by atoms with Crippen molar-refractivity contribution >= 4 is 19.1 Å². The van der Waals surface area contributed by atoms with Gasteiger partial charge in [0.25, 0.3) is 0 Å². The summed E-state index contributed by atoms with van der Waals surface area (Å²) in [5, 5.41) is 0.